The van der Waals surface area contributed by atoms with Crippen LogP contribution in [0.2, 0.25) is 0 Å². The monoisotopic (exact) mass is 155 g/mol. The fourth-order valence-corrected chi connectivity index (χ4v) is 0. The predicted octanol–water partition coefficient (Wildman–Crippen LogP) is -1.67. The van der Waals surface area contributed by atoms with Crippen molar-refractivity contribution in [2.75, 3.05) is 0 Å². The minimum absolute atomic E-state index is 0. The minimum Gasteiger partial charge on any atom is -0.790 e. The first-order chi connectivity index (χ1) is 3.00. The maximum atomic E-state index is 7.75. The Hall–Kier alpha value is 0.266. The molecule has 0 aliphatic carbocycles. The van der Waals surface area contributed by atoms with Crippen molar-refractivity contribution in [2.24, 2.45) is 17.7 Å². The van der Waals surface area contributed by atoms with E-state index in [1.165, 1.54) is 0 Å². The molecule has 48 valence electrons. The van der Waals surface area contributed by atoms with Crippen LogP contribution < -0.4 is 17.7 Å². The molecule has 0 unspecified atom stereocenters. The molecule has 0 amide bonds. The SMILES string of the molecule is N[O-].N[O-].N[O-].[Co+3]. The Morgan fingerprint density at radius 3 is 0.571 bits per heavy atom. The second-order valence-electron chi connectivity index (χ2n) is 0. The minimum atomic E-state index is 0. The van der Waals surface area contributed by atoms with E-state index in [1.54, 1.807) is 0 Å². The Bertz CT molecular complexity index is 10.1. The molecule has 0 saturated heterocycles. The molecule has 0 bridgehead atoms. The molecule has 0 saturated carbocycles. The fourth-order valence-electron chi connectivity index (χ4n) is 0. The quantitative estimate of drug-likeness (QED) is 0.356. The Morgan fingerprint density at radius 1 is 0.571 bits per heavy atom. The summed E-state index contributed by atoms with van der Waals surface area (Å²) in [4.78, 5) is 0. The van der Waals surface area contributed by atoms with E-state index in [-0.39, 0.29) is 16.8 Å². The molecule has 0 radical (unpaired) electrons. The molecule has 0 rings (SSSR count). The van der Waals surface area contributed by atoms with Crippen molar-refractivity contribution in [3.8, 4) is 0 Å². The maximum Gasteiger partial charge on any atom is 3.00 e. The van der Waals surface area contributed by atoms with Crippen LogP contribution in [0.3, 0.4) is 0 Å². The zero-order valence-electron chi connectivity index (χ0n) is 3.29. The van der Waals surface area contributed by atoms with Crippen molar-refractivity contribution in [3.05, 3.63) is 15.6 Å². The molecule has 0 aliphatic rings. The van der Waals surface area contributed by atoms with Gasteiger partial charge in [0.05, 0.1) is 0 Å². The summed E-state index contributed by atoms with van der Waals surface area (Å²) in [7, 11) is 0. The summed E-state index contributed by atoms with van der Waals surface area (Å²) in [6.45, 7) is 0. The maximum absolute atomic E-state index is 7.75. The zero-order valence-corrected chi connectivity index (χ0v) is 4.33. The van der Waals surface area contributed by atoms with Crippen molar-refractivity contribution in [2.45, 2.75) is 0 Å². The molecular weight excluding hydrogens is 149 g/mol. The molecule has 6 N–H and O–H groups in total. The standard InChI is InChI=1S/Co.3H2NO/c;3*1-2/h;3*1H2/q+3;3*-1. The Labute approximate surface area is 51.0 Å². The summed E-state index contributed by atoms with van der Waals surface area (Å²) in [6.07, 6.45) is 0. The fraction of sp³-hybridized carbons (Fsp3) is 0. The van der Waals surface area contributed by atoms with Gasteiger partial charge in [-0.05, 0) is 0 Å². The molecule has 0 atom stereocenters. The second kappa shape index (κ2) is 2450. The van der Waals surface area contributed by atoms with Crippen molar-refractivity contribution in [1.29, 1.82) is 0 Å². The van der Waals surface area contributed by atoms with Crippen LogP contribution in [0, 0.1) is 15.6 Å². The third-order valence-electron chi connectivity index (χ3n) is 0. The van der Waals surface area contributed by atoms with E-state index in [9.17, 15) is 0 Å². The van der Waals surface area contributed by atoms with Gasteiger partial charge in [0.25, 0.3) is 0 Å². The second-order valence-corrected chi connectivity index (χ2v) is 0. The van der Waals surface area contributed by atoms with Gasteiger partial charge >= 0.3 is 16.8 Å². The van der Waals surface area contributed by atoms with E-state index in [2.05, 4.69) is 17.7 Å². The van der Waals surface area contributed by atoms with Crippen molar-refractivity contribution >= 4 is 0 Å². The zero-order chi connectivity index (χ0) is 6.00. The van der Waals surface area contributed by atoms with E-state index in [0.29, 0.717) is 0 Å². The van der Waals surface area contributed by atoms with Crippen LogP contribution in [0.4, 0.5) is 0 Å². The largest absolute Gasteiger partial charge is 3.00 e. The van der Waals surface area contributed by atoms with Crippen LogP contribution in [0.25, 0.3) is 0 Å². The van der Waals surface area contributed by atoms with Gasteiger partial charge in [-0.1, -0.05) is 0 Å². The van der Waals surface area contributed by atoms with E-state index >= 15 is 0 Å². The number of rotatable bonds is 0. The third kappa shape index (κ3) is 1610. The van der Waals surface area contributed by atoms with Crippen LogP contribution in [-0.4, -0.2) is 0 Å². The van der Waals surface area contributed by atoms with Crippen LogP contribution >= 0.6 is 0 Å². The summed E-state index contributed by atoms with van der Waals surface area (Å²) in [6, 6.07) is 0. The molecular formula is H6CoN3O3. The summed E-state index contributed by atoms with van der Waals surface area (Å²) in [5.74, 6) is 9.75. The van der Waals surface area contributed by atoms with E-state index < -0.39 is 0 Å². The molecule has 7 heavy (non-hydrogen) atoms. The Balaban J connectivity index is -0.00000000900. The summed E-state index contributed by atoms with van der Waals surface area (Å²) < 4.78 is 0. The van der Waals surface area contributed by atoms with Crippen molar-refractivity contribution < 1.29 is 16.8 Å². The first kappa shape index (κ1) is 26.7. The van der Waals surface area contributed by atoms with Crippen LogP contribution in [-0.2, 0) is 16.8 Å². The van der Waals surface area contributed by atoms with Gasteiger partial charge in [-0.2, -0.15) is 0 Å². The summed E-state index contributed by atoms with van der Waals surface area (Å²) >= 11 is 0. The summed E-state index contributed by atoms with van der Waals surface area (Å²) in [5, 5.41) is 23.2. The predicted molar refractivity (Wildman–Crippen MR) is 22.7 cm³/mol. The normalized spacial score (nSPS) is 2.57. The molecule has 0 aromatic heterocycles. The van der Waals surface area contributed by atoms with Gasteiger partial charge in [0, 0.05) is 0 Å². The van der Waals surface area contributed by atoms with E-state index in [1.807, 2.05) is 0 Å². The van der Waals surface area contributed by atoms with Crippen molar-refractivity contribution in [3.63, 3.8) is 0 Å². The van der Waals surface area contributed by atoms with Crippen LogP contribution in [0.5, 0.6) is 0 Å². The Morgan fingerprint density at radius 2 is 0.571 bits per heavy atom. The smallest absolute Gasteiger partial charge is 0.790 e. The van der Waals surface area contributed by atoms with E-state index in [4.69, 9.17) is 15.6 Å². The molecule has 0 heterocycles. The first-order valence-corrected chi connectivity index (χ1v) is 0.707. The average molecular weight is 155 g/mol. The molecule has 0 aromatic rings. The molecule has 6 nitrogen and oxygen atoms in total. The van der Waals surface area contributed by atoms with E-state index in [0.717, 1.165) is 0 Å². The van der Waals surface area contributed by atoms with Gasteiger partial charge in [-0.15, -0.1) is 0 Å². The van der Waals surface area contributed by atoms with Gasteiger partial charge in [-0.3, -0.25) is 0 Å². The molecule has 0 aromatic carbocycles. The third-order valence-corrected chi connectivity index (χ3v) is 0. The van der Waals surface area contributed by atoms with Gasteiger partial charge in [-0.25, -0.2) is 0 Å². The van der Waals surface area contributed by atoms with Gasteiger partial charge in [0.2, 0.25) is 0 Å². The van der Waals surface area contributed by atoms with Gasteiger partial charge in [0.15, 0.2) is 0 Å². The molecule has 0 fully saturated rings. The molecule has 0 spiro atoms. The van der Waals surface area contributed by atoms with Gasteiger partial charge < -0.3 is 33.3 Å². The molecule has 0 aliphatic heterocycles. The topological polar surface area (TPSA) is 147 Å². The van der Waals surface area contributed by atoms with Crippen LogP contribution in [0.1, 0.15) is 0 Å². The van der Waals surface area contributed by atoms with Crippen molar-refractivity contribution in [1.82, 2.24) is 0 Å². The first-order valence-electron chi connectivity index (χ1n) is 0.707. The Kier molecular flexibility index (Phi) is 9350. The molecule has 7 heteroatoms. The number of hydrogen-bond donors (Lipinski definition) is 3. The number of nitrogens with two attached hydrogens (primary N) is 3. The van der Waals surface area contributed by atoms with Crippen LogP contribution in [0.15, 0.2) is 0 Å². The van der Waals surface area contributed by atoms with Gasteiger partial charge in [0.1, 0.15) is 0 Å². The summed E-state index contributed by atoms with van der Waals surface area (Å²) in [5.41, 5.74) is 0. The average Bonchev–Trinajstić information content (AvgIpc) is 1.81. The number of hydrogen-bond acceptors (Lipinski definition) is 6.